The van der Waals surface area contributed by atoms with Gasteiger partial charge in [0.05, 0.1) is 25.0 Å². The number of nitrogens with zero attached hydrogens (tertiary/aromatic N) is 1. The second kappa shape index (κ2) is 8.57. The number of allylic oxidation sites excluding steroid dienone is 1. The summed E-state index contributed by atoms with van der Waals surface area (Å²) in [7, 11) is -2.76. The second-order valence-corrected chi connectivity index (χ2v) is 10.2. The predicted octanol–water partition coefficient (Wildman–Crippen LogP) is 5.34. The number of rotatable bonds is 5. The summed E-state index contributed by atoms with van der Waals surface area (Å²) in [4.78, 5) is 12.9. The first-order chi connectivity index (χ1) is 15.2. The summed E-state index contributed by atoms with van der Waals surface area (Å²) in [5.74, 6) is -0.685. The maximum Gasteiger partial charge on any atom is 0.270 e. The number of carbonyl (C=O) groups excluding carboxylic acids is 1. The third kappa shape index (κ3) is 3.99. The molecule has 1 aromatic heterocycles. The lowest BCUT2D eigenvalue weighted by Crippen LogP contribution is -2.38. The molecule has 4 rings (SSSR count). The van der Waals surface area contributed by atoms with Crippen LogP contribution in [0.1, 0.15) is 20.8 Å². The van der Waals surface area contributed by atoms with Gasteiger partial charge < -0.3 is 10.1 Å². The number of anilines is 2. The smallest absolute Gasteiger partial charge is 0.270 e. The van der Waals surface area contributed by atoms with Crippen molar-refractivity contribution in [3.05, 3.63) is 85.8 Å². The van der Waals surface area contributed by atoms with E-state index in [-0.39, 0.29) is 12.2 Å². The number of ketones is 1. The van der Waals surface area contributed by atoms with Gasteiger partial charge >= 0.3 is 0 Å². The van der Waals surface area contributed by atoms with Crippen LogP contribution in [0, 0.1) is 12.7 Å². The number of nitrogens with one attached hydrogen (secondary N) is 1. The molecule has 0 spiro atoms. The molecule has 0 radical (unpaired) electrons. The van der Waals surface area contributed by atoms with Gasteiger partial charge in [0.1, 0.15) is 16.4 Å². The zero-order chi connectivity index (χ0) is 23.0. The van der Waals surface area contributed by atoms with Crippen molar-refractivity contribution in [1.82, 2.24) is 0 Å². The minimum Gasteiger partial charge on any atom is -0.495 e. The summed E-state index contributed by atoms with van der Waals surface area (Å²) >= 11 is 7.28. The van der Waals surface area contributed by atoms with Crippen LogP contribution in [0.25, 0.3) is 0 Å². The molecule has 32 heavy (non-hydrogen) atoms. The quantitative estimate of drug-likeness (QED) is 0.486. The summed E-state index contributed by atoms with van der Waals surface area (Å²) in [6.07, 6.45) is 1.16. The van der Waals surface area contributed by atoms with Crippen molar-refractivity contribution in [3.63, 3.8) is 0 Å². The number of carbonyl (C=O) groups is 1. The van der Waals surface area contributed by atoms with E-state index in [1.165, 1.54) is 25.3 Å². The Morgan fingerprint density at radius 1 is 1.25 bits per heavy atom. The molecule has 3 aromatic rings. The summed E-state index contributed by atoms with van der Waals surface area (Å²) in [6, 6.07) is 10.6. The molecule has 166 valence electrons. The number of thiophene rings is 1. The number of methoxy groups -OCH3 is 1. The zero-order valence-electron chi connectivity index (χ0n) is 17.1. The Bertz CT molecular complexity index is 1350. The maximum absolute atomic E-state index is 13.7. The van der Waals surface area contributed by atoms with Gasteiger partial charge in [-0.25, -0.2) is 12.8 Å². The molecule has 0 unspecified atom stereocenters. The van der Waals surface area contributed by atoms with Crippen molar-refractivity contribution in [2.45, 2.75) is 13.5 Å². The number of benzene rings is 2. The molecule has 2 heterocycles. The topological polar surface area (TPSA) is 75.7 Å². The molecule has 0 bridgehead atoms. The SMILES string of the molecule is COc1cc(Cl)c(C)cc1NC=C1C(=O)c2sccc2N(Cc2cccc(F)c2)S1(=O)=O. The summed E-state index contributed by atoms with van der Waals surface area (Å²) in [5, 5.41) is 5.02. The van der Waals surface area contributed by atoms with Crippen molar-refractivity contribution < 1.29 is 22.3 Å². The van der Waals surface area contributed by atoms with Crippen LogP contribution in [0.15, 0.2) is 58.9 Å². The predicted molar refractivity (Wildman–Crippen MR) is 125 cm³/mol. The molecular formula is C22H18ClFN2O4S2. The second-order valence-electron chi connectivity index (χ2n) is 7.06. The molecule has 0 aliphatic carbocycles. The number of sulfonamides is 1. The molecule has 0 saturated carbocycles. The summed E-state index contributed by atoms with van der Waals surface area (Å²) < 4.78 is 46.9. The van der Waals surface area contributed by atoms with E-state index in [4.69, 9.17) is 16.3 Å². The molecule has 0 saturated heterocycles. The summed E-state index contributed by atoms with van der Waals surface area (Å²) in [5.41, 5.74) is 1.95. The lowest BCUT2D eigenvalue weighted by molar-refractivity contribution is 0.104. The molecule has 1 aliphatic rings. The Labute approximate surface area is 193 Å². The van der Waals surface area contributed by atoms with Gasteiger partial charge in [0.2, 0.25) is 5.78 Å². The molecule has 1 aliphatic heterocycles. The average Bonchev–Trinajstić information content (AvgIpc) is 3.23. The molecule has 0 amide bonds. The Balaban J connectivity index is 1.76. The van der Waals surface area contributed by atoms with Crippen LogP contribution in [0.4, 0.5) is 15.8 Å². The van der Waals surface area contributed by atoms with Gasteiger partial charge in [-0.1, -0.05) is 23.7 Å². The highest BCUT2D eigenvalue weighted by molar-refractivity contribution is 7.97. The Morgan fingerprint density at radius 3 is 2.75 bits per heavy atom. The Kier molecular flexibility index (Phi) is 5.98. The first-order valence-corrected chi connectivity index (χ1v) is 12.1. The van der Waals surface area contributed by atoms with Crippen LogP contribution in [-0.4, -0.2) is 21.3 Å². The van der Waals surface area contributed by atoms with Gasteiger partial charge in [-0.2, -0.15) is 0 Å². The van der Waals surface area contributed by atoms with Crippen LogP contribution in [0.5, 0.6) is 5.75 Å². The van der Waals surface area contributed by atoms with Crippen molar-refractivity contribution in [3.8, 4) is 5.75 Å². The maximum atomic E-state index is 13.7. The number of ether oxygens (including phenoxy) is 1. The van der Waals surface area contributed by atoms with Crippen molar-refractivity contribution in [2.75, 3.05) is 16.7 Å². The molecule has 1 N–H and O–H groups in total. The van der Waals surface area contributed by atoms with E-state index in [0.29, 0.717) is 26.9 Å². The lowest BCUT2D eigenvalue weighted by Gasteiger charge is -2.29. The molecule has 2 aromatic carbocycles. The van der Waals surface area contributed by atoms with Gasteiger partial charge in [0.25, 0.3) is 10.0 Å². The molecule has 0 atom stereocenters. The van der Waals surface area contributed by atoms with Gasteiger partial charge in [0.15, 0.2) is 4.91 Å². The molecule has 0 fully saturated rings. The number of halogens is 2. The number of fused-ring (bicyclic) bond motifs is 1. The highest BCUT2D eigenvalue weighted by Crippen LogP contribution is 2.40. The van der Waals surface area contributed by atoms with Gasteiger partial charge in [0, 0.05) is 17.3 Å². The van der Waals surface area contributed by atoms with Crippen molar-refractivity contribution >= 4 is 50.1 Å². The highest BCUT2D eigenvalue weighted by Gasteiger charge is 2.41. The number of aryl methyl sites for hydroxylation is 1. The lowest BCUT2D eigenvalue weighted by atomic mass is 10.2. The van der Waals surface area contributed by atoms with Gasteiger partial charge in [-0.15, -0.1) is 11.3 Å². The van der Waals surface area contributed by atoms with E-state index in [2.05, 4.69) is 5.32 Å². The minimum absolute atomic E-state index is 0.113. The fraction of sp³-hybridized carbons (Fsp3) is 0.136. The van der Waals surface area contributed by atoms with E-state index in [0.717, 1.165) is 27.4 Å². The fourth-order valence-electron chi connectivity index (χ4n) is 3.35. The summed E-state index contributed by atoms with van der Waals surface area (Å²) in [6.45, 7) is 1.68. The van der Waals surface area contributed by atoms with E-state index in [1.54, 1.807) is 36.6 Å². The molecular weight excluding hydrogens is 475 g/mol. The largest absolute Gasteiger partial charge is 0.495 e. The first kappa shape index (κ1) is 22.3. The fourth-order valence-corrected chi connectivity index (χ4v) is 5.98. The van der Waals surface area contributed by atoms with Crippen LogP contribution in [-0.2, 0) is 16.6 Å². The van der Waals surface area contributed by atoms with E-state index in [1.807, 2.05) is 0 Å². The van der Waals surface area contributed by atoms with Gasteiger partial charge in [-0.05, 0) is 47.7 Å². The standard InChI is InChI=1S/C22H18ClFN2O4S2/c1-13-8-17(19(30-2)10-16(13)23)25-11-20-21(27)22-18(6-7-31-22)26(32(20,28)29)12-14-4-3-5-15(24)9-14/h3-11,25H,12H2,1-2H3. The monoisotopic (exact) mass is 492 g/mol. The van der Waals surface area contributed by atoms with E-state index < -0.39 is 26.5 Å². The number of Topliss-reactive ketones (excluding diaryl/α,β-unsaturated/α-hetero) is 1. The third-order valence-corrected chi connectivity index (χ3v) is 8.04. The van der Waals surface area contributed by atoms with Crippen LogP contribution in [0.3, 0.4) is 0 Å². The normalized spacial score (nSPS) is 16.2. The zero-order valence-corrected chi connectivity index (χ0v) is 19.4. The Hall–Kier alpha value is -2.88. The van der Waals surface area contributed by atoms with Crippen molar-refractivity contribution in [1.29, 1.82) is 0 Å². The average molecular weight is 493 g/mol. The molecule has 6 nitrogen and oxygen atoms in total. The van der Waals surface area contributed by atoms with Crippen LogP contribution < -0.4 is 14.4 Å². The number of hydrogen-bond donors (Lipinski definition) is 1. The van der Waals surface area contributed by atoms with E-state index in [9.17, 15) is 17.6 Å². The number of hydrogen-bond acceptors (Lipinski definition) is 6. The highest BCUT2D eigenvalue weighted by atomic mass is 35.5. The molecule has 10 heteroatoms. The Morgan fingerprint density at radius 2 is 2.03 bits per heavy atom. The first-order valence-electron chi connectivity index (χ1n) is 9.42. The van der Waals surface area contributed by atoms with Gasteiger partial charge in [-0.3, -0.25) is 9.10 Å². The third-order valence-electron chi connectivity index (χ3n) is 4.97. The van der Waals surface area contributed by atoms with Crippen LogP contribution >= 0.6 is 22.9 Å². The van der Waals surface area contributed by atoms with Crippen LogP contribution in [0.2, 0.25) is 5.02 Å². The van der Waals surface area contributed by atoms with Crippen molar-refractivity contribution in [2.24, 2.45) is 0 Å². The minimum atomic E-state index is -4.22. The van der Waals surface area contributed by atoms with E-state index >= 15 is 0 Å².